The Morgan fingerprint density at radius 2 is 2.40 bits per heavy atom. The Labute approximate surface area is 94.7 Å². The molecule has 0 aliphatic heterocycles. The first-order chi connectivity index (χ1) is 7.24. The molecule has 0 bridgehead atoms. The lowest BCUT2D eigenvalue weighted by Crippen LogP contribution is -2.27. The predicted molar refractivity (Wildman–Crippen MR) is 63.8 cm³/mol. The Balaban J connectivity index is 2.42. The zero-order valence-electron chi connectivity index (χ0n) is 9.06. The number of nitrogens with one attached hydrogen (secondary N) is 1. The van der Waals surface area contributed by atoms with E-state index in [9.17, 15) is 4.79 Å². The van der Waals surface area contributed by atoms with E-state index in [1.165, 1.54) is 0 Å². The van der Waals surface area contributed by atoms with Crippen LogP contribution in [0.1, 0.15) is 25.1 Å². The van der Waals surface area contributed by atoms with Crippen molar-refractivity contribution in [3.8, 4) is 0 Å². The second kappa shape index (κ2) is 6.45. The van der Waals surface area contributed by atoms with Gasteiger partial charge in [-0.1, -0.05) is 6.07 Å². The molecule has 1 aromatic rings. The van der Waals surface area contributed by atoms with Crippen LogP contribution in [0.3, 0.4) is 0 Å². The highest BCUT2D eigenvalue weighted by molar-refractivity contribution is 7.98. The van der Waals surface area contributed by atoms with Gasteiger partial charge in [0.05, 0.1) is 11.7 Å². The number of hydrogen-bond donors (Lipinski definition) is 1. The van der Waals surface area contributed by atoms with Crippen LogP contribution in [-0.4, -0.2) is 22.9 Å². The lowest BCUT2D eigenvalue weighted by Gasteiger charge is -2.12. The van der Waals surface area contributed by atoms with E-state index in [0.29, 0.717) is 6.42 Å². The Morgan fingerprint density at radius 1 is 1.60 bits per heavy atom. The number of carbonyl (C=O) groups is 1. The van der Waals surface area contributed by atoms with Crippen LogP contribution in [0.2, 0.25) is 0 Å². The molecule has 1 N–H and O–H groups in total. The smallest absolute Gasteiger partial charge is 0.221 e. The van der Waals surface area contributed by atoms with Gasteiger partial charge in [0.15, 0.2) is 0 Å². The molecule has 0 saturated heterocycles. The molecule has 1 unspecified atom stereocenters. The summed E-state index contributed by atoms with van der Waals surface area (Å²) in [5.74, 6) is 0.948. The van der Waals surface area contributed by atoms with E-state index in [1.807, 2.05) is 31.4 Å². The number of amides is 1. The molecule has 0 fully saturated rings. The standard InChI is InChI=1S/C11H16N2OS/c1-9(10-5-3-4-7-12-10)13-11(14)6-8-15-2/h3-5,7,9H,6,8H2,1-2H3,(H,13,14). The van der Waals surface area contributed by atoms with Gasteiger partial charge in [0, 0.05) is 18.4 Å². The third-order valence-corrected chi connectivity index (χ3v) is 2.65. The van der Waals surface area contributed by atoms with Gasteiger partial charge in [0.2, 0.25) is 5.91 Å². The molecule has 1 amide bonds. The molecular formula is C11H16N2OS. The Hall–Kier alpha value is -1.03. The second-order valence-electron chi connectivity index (χ2n) is 3.29. The quantitative estimate of drug-likeness (QED) is 0.832. The number of nitrogens with zero attached hydrogens (tertiary/aromatic N) is 1. The molecule has 0 aliphatic carbocycles. The van der Waals surface area contributed by atoms with Crippen molar-refractivity contribution in [1.29, 1.82) is 0 Å². The van der Waals surface area contributed by atoms with Crippen LogP contribution in [0.5, 0.6) is 0 Å². The van der Waals surface area contributed by atoms with E-state index in [2.05, 4.69) is 10.3 Å². The molecule has 0 aliphatic rings. The van der Waals surface area contributed by atoms with E-state index in [1.54, 1.807) is 18.0 Å². The van der Waals surface area contributed by atoms with Gasteiger partial charge in [0.25, 0.3) is 0 Å². The van der Waals surface area contributed by atoms with Crippen molar-refractivity contribution in [2.75, 3.05) is 12.0 Å². The van der Waals surface area contributed by atoms with Crippen molar-refractivity contribution in [3.63, 3.8) is 0 Å². The molecule has 3 nitrogen and oxygen atoms in total. The molecular weight excluding hydrogens is 208 g/mol. The summed E-state index contributed by atoms with van der Waals surface area (Å²) in [4.78, 5) is 15.6. The average molecular weight is 224 g/mol. The number of pyridine rings is 1. The van der Waals surface area contributed by atoms with Gasteiger partial charge in [-0.15, -0.1) is 0 Å². The van der Waals surface area contributed by atoms with Crippen LogP contribution in [0.4, 0.5) is 0 Å². The van der Waals surface area contributed by atoms with Crippen molar-refractivity contribution in [2.45, 2.75) is 19.4 Å². The fraction of sp³-hybridized carbons (Fsp3) is 0.455. The van der Waals surface area contributed by atoms with Crippen LogP contribution in [0, 0.1) is 0 Å². The van der Waals surface area contributed by atoms with Crippen molar-refractivity contribution < 1.29 is 4.79 Å². The van der Waals surface area contributed by atoms with Gasteiger partial charge >= 0.3 is 0 Å². The fourth-order valence-corrected chi connectivity index (χ4v) is 1.60. The molecule has 1 atom stereocenters. The molecule has 0 spiro atoms. The molecule has 0 radical (unpaired) electrons. The van der Waals surface area contributed by atoms with Crippen molar-refractivity contribution in [1.82, 2.24) is 10.3 Å². The van der Waals surface area contributed by atoms with Crippen LogP contribution in [0.15, 0.2) is 24.4 Å². The number of hydrogen-bond acceptors (Lipinski definition) is 3. The first-order valence-electron chi connectivity index (χ1n) is 4.93. The largest absolute Gasteiger partial charge is 0.348 e. The topological polar surface area (TPSA) is 42.0 Å². The third kappa shape index (κ3) is 4.34. The summed E-state index contributed by atoms with van der Waals surface area (Å²) >= 11 is 1.68. The highest BCUT2D eigenvalue weighted by atomic mass is 32.2. The van der Waals surface area contributed by atoms with Crippen LogP contribution >= 0.6 is 11.8 Å². The zero-order chi connectivity index (χ0) is 11.1. The van der Waals surface area contributed by atoms with E-state index in [4.69, 9.17) is 0 Å². The molecule has 0 saturated carbocycles. The van der Waals surface area contributed by atoms with Gasteiger partial charge < -0.3 is 5.32 Å². The van der Waals surface area contributed by atoms with Gasteiger partial charge in [-0.25, -0.2) is 0 Å². The number of rotatable bonds is 5. The van der Waals surface area contributed by atoms with Crippen LogP contribution < -0.4 is 5.32 Å². The number of carbonyl (C=O) groups excluding carboxylic acids is 1. The molecule has 4 heteroatoms. The SMILES string of the molecule is CSCCC(=O)NC(C)c1ccccn1. The van der Waals surface area contributed by atoms with Crippen molar-refractivity contribution >= 4 is 17.7 Å². The third-order valence-electron chi connectivity index (χ3n) is 2.04. The van der Waals surface area contributed by atoms with Gasteiger partial charge in [-0.2, -0.15) is 11.8 Å². The minimum atomic E-state index is -0.0134. The molecule has 1 aromatic heterocycles. The zero-order valence-corrected chi connectivity index (χ0v) is 9.88. The van der Waals surface area contributed by atoms with Gasteiger partial charge in [0.1, 0.15) is 0 Å². The predicted octanol–water partition coefficient (Wildman–Crippen LogP) is 2.01. The Kier molecular flexibility index (Phi) is 5.18. The normalized spacial score (nSPS) is 12.1. The second-order valence-corrected chi connectivity index (χ2v) is 4.27. The van der Waals surface area contributed by atoms with E-state index >= 15 is 0 Å². The first kappa shape index (κ1) is 12.0. The average Bonchev–Trinajstić information content (AvgIpc) is 2.27. The van der Waals surface area contributed by atoms with Gasteiger partial charge in [-0.05, 0) is 25.3 Å². The summed E-state index contributed by atoms with van der Waals surface area (Å²) in [5, 5.41) is 2.92. The molecule has 1 rings (SSSR count). The summed E-state index contributed by atoms with van der Waals surface area (Å²) in [6, 6.07) is 5.69. The van der Waals surface area contributed by atoms with E-state index in [-0.39, 0.29) is 11.9 Å². The maximum Gasteiger partial charge on any atom is 0.221 e. The summed E-state index contributed by atoms with van der Waals surface area (Å²) in [6.07, 6.45) is 4.30. The minimum Gasteiger partial charge on any atom is -0.348 e. The van der Waals surface area contributed by atoms with Crippen molar-refractivity contribution in [3.05, 3.63) is 30.1 Å². The number of aromatic nitrogens is 1. The molecule has 1 heterocycles. The van der Waals surface area contributed by atoms with Crippen molar-refractivity contribution in [2.24, 2.45) is 0 Å². The highest BCUT2D eigenvalue weighted by Gasteiger charge is 2.09. The monoisotopic (exact) mass is 224 g/mol. The molecule has 15 heavy (non-hydrogen) atoms. The summed E-state index contributed by atoms with van der Waals surface area (Å²) in [6.45, 7) is 1.94. The molecule has 0 aromatic carbocycles. The lowest BCUT2D eigenvalue weighted by atomic mass is 10.2. The summed E-state index contributed by atoms with van der Waals surface area (Å²) in [7, 11) is 0. The van der Waals surface area contributed by atoms with Gasteiger partial charge in [-0.3, -0.25) is 9.78 Å². The Bertz CT molecular complexity index is 303. The summed E-state index contributed by atoms with van der Waals surface area (Å²) < 4.78 is 0. The molecule has 82 valence electrons. The maximum atomic E-state index is 11.4. The highest BCUT2D eigenvalue weighted by Crippen LogP contribution is 2.08. The fourth-order valence-electron chi connectivity index (χ4n) is 1.21. The Morgan fingerprint density at radius 3 is 3.00 bits per heavy atom. The number of thioether (sulfide) groups is 1. The minimum absolute atomic E-state index is 0.0134. The van der Waals surface area contributed by atoms with E-state index < -0.39 is 0 Å². The summed E-state index contributed by atoms with van der Waals surface area (Å²) in [5.41, 5.74) is 0.898. The maximum absolute atomic E-state index is 11.4. The van der Waals surface area contributed by atoms with Crippen LogP contribution in [-0.2, 0) is 4.79 Å². The first-order valence-corrected chi connectivity index (χ1v) is 6.32. The van der Waals surface area contributed by atoms with Crippen LogP contribution in [0.25, 0.3) is 0 Å². The lowest BCUT2D eigenvalue weighted by molar-refractivity contribution is -0.121. The van der Waals surface area contributed by atoms with E-state index in [0.717, 1.165) is 11.4 Å².